The van der Waals surface area contributed by atoms with Crippen LogP contribution >= 0.6 is 7.82 Å². The Bertz CT molecular complexity index is 457. The van der Waals surface area contributed by atoms with Gasteiger partial charge in [0.05, 0.1) is 18.3 Å². The molecule has 4 N–H and O–H groups in total. The number of carbonyl (C=O) groups excluding carboxylic acids is 1. The maximum absolute atomic E-state index is 10.4. The van der Waals surface area contributed by atoms with Crippen LogP contribution in [-0.2, 0) is 13.8 Å². The summed E-state index contributed by atoms with van der Waals surface area (Å²) in [6, 6.07) is 3.29. The van der Waals surface area contributed by atoms with Crippen LogP contribution in [0.25, 0.3) is 0 Å². The molecule has 0 aromatic carbocycles. The molecule has 8 nitrogen and oxygen atoms in total. The quantitative estimate of drug-likeness (QED) is 0.688. The largest absolute Gasteiger partial charge is 0.469 e. The van der Waals surface area contributed by atoms with Crippen LogP contribution in [0.4, 0.5) is 0 Å². The van der Waals surface area contributed by atoms with E-state index in [1.165, 1.54) is 6.20 Å². The molecule has 2 heterocycles. The smallest absolute Gasteiger partial charge is 0.376 e. The summed E-state index contributed by atoms with van der Waals surface area (Å²) in [4.78, 5) is 30.7. The maximum Gasteiger partial charge on any atom is 0.469 e. The molecule has 1 aliphatic rings. The normalized spacial score (nSPS) is 18.2. The Labute approximate surface area is 116 Å². The topological polar surface area (TPSA) is 132 Å². The summed E-state index contributed by atoms with van der Waals surface area (Å²) in [5.74, 6) is -0.442. The van der Waals surface area contributed by atoms with E-state index in [0.717, 1.165) is 12.8 Å². The van der Waals surface area contributed by atoms with Gasteiger partial charge in [-0.05, 0) is 25.0 Å². The molecule has 0 saturated carbocycles. The lowest BCUT2D eigenvalue weighted by atomic mass is 10.2. The van der Waals surface area contributed by atoms with Crippen LogP contribution < -0.4 is 5.73 Å². The summed E-state index contributed by atoms with van der Waals surface area (Å²) < 4.78 is 19.5. The molecule has 20 heavy (non-hydrogen) atoms. The highest BCUT2D eigenvalue weighted by Crippen LogP contribution is 2.36. The summed E-state index contributed by atoms with van der Waals surface area (Å²) in [6.07, 6.45) is 4.65. The lowest BCUT2D eigenvalue weighted by Gasteiger charge is -2.09. The number of pyridine rings is 1. The van der Waals surface area contributed by atoms with Crippen molar-refractivity contribution in [2.75, 3.05) is 13.2 Å². The van der Waals surface area contributed by atoms with Crippen molar-refractivity contribution in [3.05, 3.63) is 30.1 Å². The van der Waals surface area contributed by atoms with E-state index in [2.05, 4.69) is 9.51 Å². The average Bonchev–Trinajstić information content (AvgIpc) is 2.90. The molecular formula is C11H17N2O6P. The first-order valence-electron chi connectivity index (χ1n) is 5.90. The van der Waals surface area contributed by atoms with Gasteiger partial charge in [-0.15, -0.1) is 0 Å². The van der Waals surface area contributed by atoms with Gasteiger partial charge < -0.3 is 20.3 Å². The van der Waals surface area contributed by atoms with Gasteiger partial charge >= 0.3 is 7.82 Å². The zero-order valence-electron chi connectivity index (χ0n) is 10.7. The van der Waals surface area contributed by atoms with Crippen LogP contribution in [0.2, 0.25) is 0 Å². The number of hydrogen-bond donors (Lipinski definition) is 3. The van der Waals surface area contributed by atoms with E-state index in [9.17, 15) is 9.36 Å². The van der Waals surface area contributed by atoms with E-state index in [1.54, 1.807) is 18.3 Å². The SMILES string of the molecule is NC(=O)c1cccnc1.O=P(O)(O)OC[C@@H]1CCCO1. The Kier molecular flexibility index (Phi) is 6.77. The van der Waals surface area contributed by atoms with Crippen LogP contribution in [0, 0.1) is 0 Å². The Morgan fingerprint density at radius 2 is 2.35 bits per heavy atom. The predicted molar refractivity (Wildman–Crippen MR) is 69.7 cm³/mol. The number of aromatic nitrogens is 1. The van der Waals surface area contributed by atoms with Crippen molar-refractivity contribution < 1.29 is 28.4 Å². The highest BCUT2D eigenvalue weighted by Gasteiger charge is 2.21. The summed E-state index contributed by atoms with van der Waals surface area (Å²) in [5.41, 5.74) is 5.38. The van der Waals surface area contributed by atoms with Gasteiger partial charge in [-0.2, -0.15) is 0 Å². The molecule has 1 aromatic rings. The average molecular weight is 304 g/mol. The van der Waals surface area contributed by atoms with Gasteiger partial charge in [-0.25, -0.2) is 4.57 Å². The monoisotopic (exact) mass is 304 g/mol. The third-order valence-electron chi connectivity index (χ3n) is 2.40. The van der Waals surface area contributed by atoms with Crippen molar-refractivity contribution in [2.45, 2.75) is 18.9 Å². The second-order valence-corrected chi connectivity index (χ2v) is 5.27. The number of carbonyl (C=O) groups is 1. The zero-order valence-corrected chi connectivity index (χ0v) is 11.6. The Hall–Kier alpha value is -1.31. The van der Waals surface area contributed by atoms with Crippen LogP contribution in [0.15, 0.2) is 24.5 Å². The molecule has 0 unspecified atom stereocenters. The first-order valence-corrected chi connectivity index (χ1v) is 7.43. The Morgan fingerprint density at radius 3 is 2.75 bits per heavy atom. The molecule has 0 aliphatic carbocycles. The lowest BCUT2D eigenvalue weighted by molar-refractivity contribution is 0.0547. The second kappa shape index (κ2) is 8.08. The molecule has 0 bridgehead atoms. The number of phosphoric ester groups is 1. The maximum atomic E-state index is 10.4. The first-order chi connectivity index (χ1) is 9.38. The highest BCUT2D eigenvalue weighted by molar-refractivity contribution is 7.46. The van der Waals surface area contributed by atoms with Crippen LogP contribution in [0.5, 0.6) is 0 Å². The van der Waals surface area contributed by atoms with E-state index in [4.69, 9.17) is 20.3 Å². The summed E-state index contributed by atoms with van der Waals surface area (Å²) >= 11 is 0. The number of nitrogens with two attached hydrogens (primary N) is 1. The summed E-state index contributed by atoms with van der Waals surface area (Å²) in [5, 5.41) is 0. The molecule has 1 aliphatic heterocycles. The minimum absolute atomic E-state index is 0.00965. The molecule has 2 rings (SSSR count). The van der Waals surface area contributed by atoms with Crippen molar-refractivity contribution in [2.24, 2.45) is 5.73 Å². The lowest BCUT2D eigenvalue weighted by Crippen LogP contribution is -2.12. The van der Waals surface area contributed by atoms with E-state index < -0.39 is 13.7 Å². The van der Waals surface area contributed by atoms with E-state index >= 15 is 0 Å². The second-order valence-electron chi connectivity index (χ2n) is 4.03. The molecule has 9 heteroatoms. The summed E-state index contributed by atoms with van der Waals surface area (Å²) in [6.45, 7) is 0.652. The zero-order chi connectivity index (χ0) is 15.0. The molecule has 1 amide bonds. The van der Waals surface area contributed by atoms with Gasteiger partial charge in [0.15, 0.2) is 0 Å². The minimum Gasteiger partial charge on any atom is -0.376 e. The van der Waals surface area contributed by atoms with Gasteiger partial charge in [0.1, 0.15) is 0 Å². The third-order valence-corrected chi connectivity index (χ3v) is 2.88. The number of ether oxygens (including phenoxy) is 1. The van der Waals surface area contributed by atoms with Crippen molar-refractivity contribution in [3.63, 3.8) is 0 Å². The fourth-order valence-electron chi connectivity index (χ4n) is 1.46. The van der Waals surface area contributed by atoms with Crippen molar-refractivity contribution in [1.82, 2.24) is 4.98 Å². The minimum atomic E-state index is -4.30. The molecule has 0 spiro atoms. The number of hydrogen-bond acceptors (Lipinski definition) is 5. The molecule has 112 valence electrons. The van der Waals surface area contributed by atoms with Crippen LogP contribution in [-0.4, -0.2) is 40.0 Å². The van der Waals surface area contributed by atoms with Gasteiger partial charge in [0.25, 0.3) is 0 Å². The number of nitrogens with zero attached hydrogens (tertiary/aromatic N) is 1. The van der Waals surface area contributed by atoms with Crippen LogP contribution in [0.1, 0.15) is 23.2 Å². The van der Waals surface area contributed by atoms with E-state index in [-0.39, 0.29) is 12.7 Å². The van der Waals surface area contributed by atoms with Crippen LogP contribution in [0.3, 0.4) is 0 Å². The summed E-state index contributed by atoms with van der Waals surface area (Å²) in [7, 11) is -4.30. The third kappa shape index (κ3) is 7.32. The van der Waals surface area contributed by atoms with Crippen molar-refractivity contribution >= 4 is 13.7 Å². The predicted octanol–water partition coefficient (Wildman–Crippen LogP) is 0.455. The Morgan fingerprint density at radius 1 is 1.60 bits per heavy atom. The standard InChI is InChI=1S/C6H6N2O.C5H11O5P/c7-6(9)5-2-1-3-8-4-5;6-11(7,8)10-4-5-2-1-3-9-5/h1-4H,(H2,7,9);5H,1-4H2,(H2,6,7,8)/t;5-/m.0/s1. The highest BCUT2D eigenvalue weighted by atomic mass is 31.2. The fourth-order valence-corrected chi connectivity index (χ4v) is 1.82. The first kappa shape index (κ1) is 16.7. The van der Waals surface area contributed by atoms with Gasteiger partial charge in [-0.3, -0.25) is 14.3 Å². The molecule has 0 radical (unpaired) electrons. The number of phosphoric acid groups is 1. The van der Waals surface area contributed by atoms with Crippen molar-refractivity contribution in [1.29, 1.82) is 0 Å². The van der Waals surface area contributed by atoms with Gasteiger partial charge in [0, 0.05) is 19.0 Å². The molecule has 1 atom stereocenters. The molecule has 1 saturated heterocycles. The van der Waals surface area contributed by atoms with E-state index in [0.29, 0.717) is 12.2 Å². The van der Waals surface area contributed by atoms with Gasteiger partial charge in [0.2, 0.25) is 5.91 Å². The molecular weight excluding hydrogens is 287 g/mol. The fraction of sp³-hybridized carbons (Fsp3) is 0.455. The van der Waals surface area contributed by atoms with E-state index in [1.807, 2.05) is 0 Å². The molecule has 1 aromatic heterocycles. The number of amides is 1. The molecule has 1 fully saturated rings. The van der Waals surface area contributed by atoms with Gasteiger partial charge in [-0.1, -0.05) is 0 Å². The number of primary amides is 1. The Balaban J connectivity index is 0.000000204. The van der Waals surface area contributed by atoms with Crippen molar-refractivity contribution in [3.8, 4) is 0 Å². The number of rotatable bonds is 4.